The van der Waals surface area contributed by atoms with Crippen molar-refractivity contribution in [2.24, 2.45) is 0 Å². The van der Waals surface area contributed by atoms with Gasteiger partial charge in [0.25, 0.3) is 0 Å². The third kappa shape index (κ3) is 2.94. The van der Waals surface area contributed by atoms with E-state index in [1.165, 1.54) is 8.66 Å². The number of hydrogen-bond donors (Lipinski definition) is 1. The number of nitrogens with zero attached hydrogens (tertiary/aromatic N) is 1. The van der Waals surface area contributed by atoms with Crippen molar-refractivity contribution >= 4 is 27.3 Å². The summed E-state index contributed by atoms with van der Waals surface area (Å²) < 4.78 is 1.21. The second kappa shape index (κ2) is 5.96. The first-order valence-electron chi connectivity index (χ1n) is 5.62. The zero-order valence-corrected chi connectivity index (χ0v) is 11.7. The summed E-state index contributed by atoms with van der Waals surface area (Å²) in [5, 5.41) is 3.40. The largest absolute Gasteiger partial charge is 0.314 e. The Bertz CT molecular complexity index is 345. The van der Waals surface area contributed by atoms with Gasteiger partial charge in [0.15, 0.2) is 0 Å². The summed E-state index contributed by atoms with van der Waals surface area (Å²) >= 11 is 5.37. The second-order valence-electron chi connectivity index (χ2n) is 3.97. The molecule has 2 rings (SSSR count). The monoisotopic (exact) mass is 300 g/mol. The zero-order chi connectivity index (χ0) is 11.4. The lowest BCUT2D eigenvalue weighted by Crippen LogP contribution is -2.44. The summed E-state index contributed by atoms with van der Waals surface area (Å²) in [4.78, 5) is 3.99. The average molecular weight is 301 g/mol. The molecule has 0 spiro atoms. The topological polar surface area (TPSA) is 15.3 Å². The van der Waals surface area contributed by atoms with Crippen molar-refractivity contribution in [1.29, 1.82) is 0 Å². The SMILES string of the molecule is C=CC[C@@H](c1ccc(Br)s1)N1CCNCC1. The smallest absolute Gasteiger partial charge is 0.0701 e. The van der Waals surface area contributed by atoms with E-state index in [1.54, 1.807) is 0 Å². The maximum Gasteiger partial charge on any atom is 0.0701 e. The first kappa shape index (κ1) is 12.3. The van der Waals surface area contributed by atoms with Gasteiger partial charge >= 0.3 is 0 Å². The molecule has 0 aromatic carbocycles. The van der Waals surface area contributed by atoms with Crippen molar-refractivity contribution in [2.75, 3.05) is 26.2 Å². The fourth-order valence-electron chi connectivity index (χ4n) is 2.10. The van der Waals surface area contributed by atoms with Gasteiger partial charge in [-0.3, -0.25) is 4.90 Å². The van der Waals surface area contributed by atoms with Crippen molar-refractivity contribution in [1.82, 2.24) is 10.2 Å². The summed E-state index contributed by atoms with van der Waals surface area (Å²) in [5.41, 5.74) is 0. The highest BCUT2D eigenvalue weighted by molar-refractivity contribution is 9.11. The Morgan fingerprint density at radius 3 is 2.81 bits per heavy atom. The average Bonchev–Trinajstić information content (AvgIpc) is 2.74. The Kier molecular flexibility index (Phi) is 4.58. The number of piperazine rings is 1. The maximum absolute atomic E-state index is 3.88. The molecule has 0 amide bonds. The van der Waals surface area contributed by atoms with E-state index in [0.29, 0.717) is 6.04 Å². The lowest BCUT2D eigenvalue weighted by molar-refractivity contribution is 0.177. The lowest BCUT2D eigenvalue weighted by atomic mass is 10.1. The van der Waals surface area contributed by atoms with E-state index in [4.69, 9.17) is 0 Å². The van der Waals surface area contributed by atoms with Crippen LogP contribution in [0, 0.1) is 0 Å². The van der Waals surface area contributed by atoms with Crippen LogP contribution in [0.5, 0.6) is 0 Å². The molecule has 1 aromatic heterocycles. The highest BCUT2D eigenvalue weighted by Gasteiger charge is 2.22. The molecule has 4 heteroatoms. The molecular formula is C12H17BrN2S. The van der Waals surface area contributed by atoms with E-state index < -0.39 is 0 Å². The zero-order valence-electron chi connectivity index (χ0n) is 9.29. The van der Waals surface area contributed by atoms with Gasteiger partial charge in [0.2, 0.25) is 0 Å². The third-order valence-electron chi connectivity index (χ3n) is 2.90. The molecule has 16 heavy (non-hydrogen) atoms. The predicted octanol–water partition coefficient (Wildman–Crippen LogP) is 3.03. The van der Waals surface area contributed by atoms with Crippen LogP contribution in [-0.2, 0) is 0 Å². The van der Waals surface area contributed by atoms with Crippen LogP contribution in [0.25, 0.3) is 0 Å². The third-order valence-corrected chi connectivity index (χ3v) is 4.63. The molecule has 0 unspecified atom stereocenters. The predicted molar refractivity (Wildman–Crippen MR) is 74.0 cm³/mol. The van der Waals surface area contributed by atoms with Crippen molar-refractivity contribution in [3.05, 3.63) is 33.5 Å². The Morgan fingerprint density at radius 1 is 1.50 bits per heavy atom. The van der Waals surface area contributed by atoms with Gasteiger partial charge in [0.1, 0.15) is 0 Å². The van der Waals surface area contributed by atoms with Crippen LogP contribution in [-0.4, -0.2) is 31.1 Å². The van der Waals surface area contributed by atoms with E-state index in [-0.39, 0.29) is 0 Å². The molecular weight excluding hydrogens is 284 g/mol. The van der Waals surface area contributed by atoms with Crippen molar-refractivity contribution < 1.29 is 0 Å². The van der Waals surface area contributed by atoms with E-state index in [1.807, 2.05) is 17.4 Å². The Hall–Kier alpha value is -0.160. The number of thiophene rings is 1. The van der Waals surface area contributed by atoms with E-state index >= 15 is 0 Å². The summed E-state index contributed by atoms with van der Waals surface area (Å²) in [6.45, 7) is 8.34. The van der Waals surface area contributed by atoms with Gasteiger partial charge in [-0.1, -0.05) is 6.08 Å². The number of hydrogen-bond acceptors (Lipinski definition) is 3. The maximum atomic E-state index is 3.88. The van der Waals surface area contributed by atoms with Crippen LogP contribution in [0.15, 0.2) is 28.6 Å². The van der Waals surface area contributed by atoms with Crippen molar-refractivity contribution in [3.63, 3.8) is 0 Å². The lowest BCUT2D eigenvalue weighted by Gasteiger charge is -2.34. The van der Waals surface area contributed by atoms with Gasteiger partial charge < -0.3 is 5.32 Å². The number of halogens is 1. The highest BCUT2D eigenvalue weighted by atomic mass is 79.9. The Labute approximate surface area is 109 Å². The molecule has 1 aliphatic heterocycles. The van der Waals surface area contributed by atoms with Crippen LogP contribution in [0.4, 0.5) is 0 Å². The van der Waals surface area contributed by atoms with Gasteiger partial charge in [-0.05, 0) is 34.5 Å². The summed E-state index contributed by atoms with van der Waals surface area (Å²) in [6, 6.07) is 4.87. The standard InChI is InChI=1S/C12H17BrN2S/c1-2-3-10(11-4-5-12(13)16-11)15-8-6-14-7-9-15/h2,4-5,10,14H,1,3,6-9H2/t10-/m0/s1. The second-order valence-corrected chi connectivity index (χ2v) is 6.46. The van der Waals surface area contributed by atoms with E-state index in [9.17, 15) is 0 Å². The van der Waals surface area contributed by atoms with Crippen LogP contribution in [0.1, 0.15) is 17.3 Å². The first-order chi connectivity index (χ1) is 7.81. The highest BCUT2D eigenvalue weighted by Crippen LogP contribution is 2.33. The molecule has 0 saturated carbocycles. The normalized spacial score (nSPS) is 19.6. The van der Waals surface area contributed by atoms with Gasteiger partial charge in [0.05, 0.1) is 3.79 Å². The van der Waals surface area contributed by atoms with Crippen LogP contribution in [0.3, 0.4) is 0 Å². The molecule has 1 atom stereocenters. The summed E-state index contributed by atoms with van der Waals surface area (Å²) in [5.74, 6) is 0. The van der Waals surface area contributed by atoms with E-state index in [2.05, 4.69) is 44.9 Å². The van der Waals surface area contributed by atoms with Crippen LogP contribution in [0.2, 0.25) is 0 Å². The molecule has 1 N–H and O–H groups in total. The minimum absolute atomic E-state index is 0.510. The molecule has 1 aromatic rings. The fourth-order valence-corrected chi connectivity index (χ4v) is 3.68. The molecule has 1 fully saturated rings. The molecule has 0 radical (unpaired) electrons. The molecule has 1 saturated heterocycles. The summed E-state index contributed by atoms with van der Waals surface area (Å²) in [6.07, 6.45) is 3.06. The minimum atomic E-state index is 0.510. The molecule has 0 aliphatic carbocycles. The number of rotatable bonds is 4. The first-order valence-corrected chi connectivity index (χ1v) is 7.23. The molecule has 0 bridgehead atoms. The molecule has 2 nitrogen and oxygen atoms in total. The van der Waals surface area contributed by atoms with Gasteiger partial charge in [-0.15, -0.1) is 17.9 Å². The molecule has 2 heterocycles. The van der Waals surface area contributed by atoms with Gasteiger partial charge in [-0.25, -0.2) is 0 Å². The Morgan fingerprint density at radius 2 is 2.25 bits per heavy atom. The quantitative estimate of drug-likeness (QED) is 0.860. The van der Waals surface area contributed by atoms with Gasteiger partial charge in [0, 0.05) is 37.1 Å². The van der Waals surface area contributed by atoms with Crippen LogP contribution < -0.4 is 5.32 Å². The summed E-state index contributed by atoms with van der Waals surface area (Å²) in [7, 11) is 0. The van der Waals surface area contributed by atoms with E-state index in [0.717, 1.165) is 32.6 Å². The van der Waals surface area contributed by atoms with Crippen LogP contribution >= 0.6 is 27.3 Å². The van der Waals surface area contributed by atoms with Crippen molar-refractivity contribution in [2.45, 2.75) is 12.5 Å². The van der Waals surface area contributed by atoms with Crippen molar-refractivity contribution in [3.8, 4) is 0 Å². The Balaban J connectivity index is 2.12. The molecule has 88 valence electrons. The molecule has 1 aliphatic rings. The minimum Gasteiger partial charge on any atom is -0.314 e. The fraction of sp³-hybridized carbons (Fsp3) is 0.500. The number of nitrogens with one attached hydrogen (secondary N) is 1. The van der Waals surface area contributed by atoms with Gasteiger partial charge in [-0.2, -0.15) is 0 Å².